The molecule has 144 valence electrons. The summed E-state index contributed by atoms with van der Waals surface area (Å²) in [5, 5.41) is 0. The molecule has 0 atom stereocenters. The van der Waals surface area contributed by atoms with Gasteiger partial charge in [0.05, 0.1) is 14.2 Å². The molecule has 1 saturated heterocycles. The molecule has 0 radical (unpaired) electrons. The van der Waals surface area contributed by atoms with Crippen LogP contribution in [0.15, 0.2) is 42.5 Å². The van der Waals surface area contributed by atoms with Crippen LogP contribution in [0.5, 0.6) is 11.5 Å². The van der Waals surface area contributed by atoms with Gasteiger partial charge in [0.2, 0.25) is 5.91 Å². The number of nitrogens with zero attached hydrogens (tertiary/aromatic N) is 2. The number of piperazine rings is 1. The molecule has 0 unspecified atom stereocenters. The van der Waals surface area contributed by atoms with Gasteiger partial charge in [-0.05, 0) is 48.7 Å². The van der Waals surface area contributed by atoms with E-state index in [1.54, 1.807) is 14.2 Å². The van der Waals surface area contributed by atoms with Crippen molar-refractivity contribution in [2.45, 2.75) is 19.8 Å². The van der Waals surface area contributed by atoms with Crippen LogP contribution in [0, 0.1) is 6.92 Å². The van der Waals surface area contributed by atoms with Crippen LogP contribution in [-0.4, -0.2) is 51.2 Å². The summed E-state index contributed by atoms with van der Waals surface area (Å²) in [5.41, 5.74) is 3.59. The minimum atomic E-state index is 0.216. The van der Waals surface area contributed by atoms with Gasteiger partial charge in [-0.25, -0.2) is 0 Å². The zero-order chi connectivity index (χ0) is 19.2. The number of methoxy groups -OCH3 is 2. The van der Waals surface area contributed by atoms with Gasteiger partial charge in [-0.1, -0.05) is 18.2 Å². The monoisotopic (exact) mass is 368 g/mol. The first-order valence-corrected chi connectivity index (χ1v) is 9.41. The molecule has 0 spiro atoms. The van der Waals surface area contributed by atoms with Gasteiger partial charge in [-0.2, -0.15) is 0 Å². The molecule has 27 heavy (non-hydrogen) atoms. The predicted octanol–water partition coefficient (Wildman–Crippen LogP) is 3.29. The van der Waals surface area contributed by atoms with E-state index in [-0.39, 0.29) is 5.91 Å². The summed E-state index contributed by atoms with van der Waals surface area (Å²) in [4.78, 5) is 16.9. The number of benzene rings is 2. The van der Waals surface area contributed by atoms with E-state index in [2.05, 4.69) is 36.1 Å². The number of amides is 1. The molecule has 1 aliphatic rings. The van der Waals surface area contributed by atoms with E-state index in [9.17, 15) is 4.79 Å². The van der Waals surface area contributed by atoms with Crippen LogP contribution in [0.2, 0.25) is 0 Å². The molecule has 2 aromatic carbocycles. The number of rotatable bonds is 6. The van der Waals surface area contributed by atoms with Gasteiger partial charge in [0.1, 0.15) is 0 Å². The zero-order valence-electron chi connectivity index (χ0n) is 16.4. The standard InChI is InChI=1S/C22H28N2O3/c1-17-5-4-6-19(15-17)23-11-13-24(14-12-23)22(25)10-8-18-7-9-20(26-2)21(16-18)27-3/h4-7,9,15-16H,8,10-14H2,1-3H3. The molecule has 0 aromatic heterocycles. The maximum absolute atomic E-state index is 12.6. The Morgan fingerprint density at radius 2 is 1.70 bits per heavy atom. The molecule has 0 saturated carbocycles. The first-order chi connectivity index (χ1) is 13.1. The van der Waals surface area contributed by atoms with Crippen molar-refractivity contribution in [2.75, 3.05) is 45.3 Å². The lowest BCUT2D eigenvalue weighted by molar-refractivity contribution is -0.131. The van der Waals surface area contributed by atoms with Gasteiger partial charge in [0.25, 0.3) is 0 Å². The second-order valence-corrected chi connectivity index (χ2v) is 6.90. The summed E-state index contributed by atoms with van der Waals surface area (Å²) in [5.74, 6) is 1.63. The highest BCUT2D eigenvalue weighted by molar-refractivity contribution is 5.77. The van der Waals surface area contributed by atoms with Gasteiger partial charge in [-0.3, -0.25) is 4.79 Å². The van der Waals surface area contributed by atoms with Crippen LogP contribution >= 0.6 is 0 Å². The highest BCUT2D eigenvalue weighted by atomic mass is 16.5. The van der Waals surface area contributed by atoms with Crippen LogP contribution in [0.25, 0.3) is 0 Å². The molecule has 0 aliphatic carbocycles. The topological polar surface area (TPSA) is 42.0 Å². The molecule has 0 bridgehead atoms. The molecular formula is C22H28N2O3. The van der Waals surface area contributed by atoms with Crippen molar-refractivity contribution in [1.82, 2.24) is 4.90 Å². The van der Waals surface area contributed by atoms with E-state index < -0.39 is 0 Å². The van der Waals surface area contributed by atoms with E-state index in [1.165, 1.54) is 11.3 Å². The third-order valence-electron chi connectivity index (χ3n) is 5.07. The Morgan fingerprint density at radius 3 is 2.37 bits per heavy atom. The first-order valence-electron chi connectivity index (χ1n) is 9.41. The maximum Gasteiger partial charge on any atom is 0.223 e. The van der Waals surface area contributed by atoms with Crippen molar-refractivity contribution in [1.29, 1.82) is 0 Å². The molecule has 1 aliphatic heterocycles. The summed E-state index contributed by atoms with van der Waals surface area (Å²) in [6.45, 7) is 5.42. The molecule has 1 amide bonds. The average Bonchev–Trinajstić information content (AvgIpc) is 2.71. The van der Waals surface area contributed by atoms with E-state index in [1.807, 2.05) is 23.1 Å². The first kappa shape index (κ1) is 19.1. The zero-order valence-corrected chi connectivity index (χ0v) is 16.4. The highest BCUT2D eigenvalue weighted by Crippen LogP contribution is 2.28. The van der Waals surface area contributed by atoms with E-state index in [0.29, 0.717) is 24.3 Å². The second-order valence-electron chi connectivity index (χ2n) is 6.90. The Labute approximate surface area is 161 Å². The normalized spacial score (nSPS) is 14.2. The van der Waals surface area contributed by atoms with E-state index >= 15 is 0 Å². The molecule has 0 N–H and O–H groups in total. The largest absolute Gasteiger partial charge is 0.493 e. The molecule has 2 aromatic rings. The number of carbonyl (C=O) groups is 1. The van der Waals surface area contributed by atoms with Crippen LogP contribution in [-0.2, 0) is 11.2 Å². The van der Waals surface area contributed by atoms with Crippen molar-refractivity contribution >= 4 is 11.6 Å². The maximum atomic E-state index is 12.6. The minimum Gasteiger partial charge on any atom is -0.493 e. The number of anilines is 1. The molecule has 5 heteroatoms. The third-order valence-corrected chi connectivity index (χ3v) is 5.07. The highest BCUT2D eigenvalue weighted by Gasteiger charge is 2.21. The second kappa shape index (κ2) is 8.80. The van der Waals surface area contributed by atoms with Gasteiger partial charge >= 0.3 is 0 Å². The van der Waals surface area contributed by atoms with Crippen LogP contribution < -0.4 is 14.4 Å². The summed E-state index contributed by atoms with van der Waals surface area (Å²) < 4.78 is 10.6. The van der Waals surface area contributed by atoms with Gasteiger partial charge in [0.15, 0.2) is 11.5 Å². The number of hydrogen-bond acceptors (Lipinski definition) is 4. The lowest BCUT2D eigenvalue weighted by Crippen LogP contribution is -2.48. The van der Waals surface area contributed by atoms with Crippen LogP contribution in [0.3, 0.4) is 0 Å². The Hall–Kier alpha value is -2.69. The quantitative estimate of drug-likeness (QED) is 0.785. The fourth-order valence-corrected chi connectivity index (χ4v) is 3.48. The molecule has 1 heterocycles. The number of hydrogen-bond donors (Lipinski definition) is 0. The Morgan fingerprint density at radius 1 is 0.963 bits per heavy atom. The van der Waals surface area contributed by atoms with Crippen molar-refractivity contribution in [3.8, 4) is 11.5 Å². The molecule has 3 rings (SSSR count). The summed E-state index contributed by atoms with van der Waals surface area (Å²) in [6.07, 6.45) is 1.22. The number of carbonyl (C=O) groups excluding carboxylic acids is 1. The summed E-state index contributed by atoms with van der Waals surface area (Å²) in [7, 11) is 3.25. The van der Waals surface area contributed by atoms with Crippen molar-refractivity contribution < 1.29 is 14.3 Å². The lowest BCUT2D eigenvalue weighted by atomic mass is 10.1. The predicted molar refractivity (Wildman–Crippen MR) is 108 cm³/mol. The minimum absolute atomic E-state index is 0.216. The fourth-order valence-electron chi connectivity index (χ4n) is 3.48. The van der Waals surface area contributed by atoms with Crippen molar-refractivity contribution in [3.05, 3.63) is 53.6 Å². The van der Waals surface area contributed by atoms with Gasteiger partial charge in [0, 0.05) is 38.3 Å². The van der Waals surface area contributed by atoms with E-state index in [4.69, 9.17) is 9.47 Å². The lowest BCUT2D eigenvalue weighted by Gasteiger charge is -2.36. The van der Waals surface area contributed by atoms with E-state index in [0.717, 1.165) is 31.7 Å². The molecule has 1 fully saturated rings. The SMILES string of the molecule is COc1ccc(CCC(=O)N2CCN(c3cccc(C)c3)CC2)cc1OC. The van der Waals surface area contributed by atoms with Crippen LogP contribution in [0.4, 0.5) is 5.69 Å². The van der Waals surface area contributed by atoms with Gasteiger partial charge in [-0.15, -0.1) is 0 Å². The smallest absolute Gasteiger partial charge is 0.223 e. The Balaban J connectivity index is 1.51. The summed E-state index contributed by atoms with van der Waals surface area (Å²) >= 11 is 0. The third kappa shape index (κ3) is 4.73. The Kier molecular flexibility index (Phi) is 6.22. The average molecular weight is 368 g/mol. The Bertz CT molecular complexity index is 783. The van der Waals surface area contributed by atoms with Crippen molar-refractivity contribution in [2.24, 2.45) is 0 Å². The summed E-state index contributed by atoms with van der Waals surface area (Å²) in [6, 6.07) is 14.4. The molecule has 5 nitrogen and oxygen atoms in total. The van der Waals surface area contributed by atoms with Crippen LogP contribution in [0.1, 0.15) is 17.5 Å². The molecular weight excluding hydrogens is 340 g/mol. The van der Waals surface area contributed by atoms with Gasteiger partial charge < -0.3 is 19.3 Å². The number of aryl methyl sites for hydroxylation is 2. The fraction of sp³-hybridized carbons (Fsp3) is 0.409. The van der Waals surface area contributed by atoms with Crippen molar-refractivity contribution in [3.63, 3.8) is 0 Å². The number of ether oxygens (including phenoxy) is 2.